The number of piperazine rings is 1. The molecule has 0 saturated carbocycles. The van der Waals surface area contributed by atoms with Crippen LogP contribution in [-0.4, -0.2) is 74.0 Å². The van der Waals surface area contributed by atoms with Gasteiger partial charge in [-0.25, -0.2) is 4.79 Å². The zero-order chi connectivity index (χ0) is 26.8. The lowest BCUT2D eigenvalue weighted by molar-refractivity contribution is -0.135. The van der Waals surface area contributed by atoms with Crippen molar-refractivity contribution in [3.8, 4) is 5.75 Å². The predicted octanol–water partition coefficient (Wildman–Crippen LogP) is 4.27. The van der Waals surface area contributed by atoms with Gasteiger partial charge in [-0.1, -0.05) is 20.8 Å². The lowest BCUT2D eigenvalue weighted by atomic mass is 10.1. The fourth-order valence-corrected chi connectivity index (χ4v) is 4.21. The third-order valence-corrected chi connectivity index (χ3v) is 6.19. The number of anilines is 3. The fourth-order valence-electron chi connectivity index (χ4n) is 4.21. The van der Waals surface area contributed by atoms with E-state index >= 15 is 0 Å². The number of hydrogen-bond acceptors (Lipinski definition) is 5. The van der Waals surface area contributed by atoms with Gasteiger partial charge in [0.25, 0.3) is 0 Å². The highest BCUT2D eigenvalue weighted by atomic mass is 16.5. The number of methoxy groups -OCH3 is 1. The fraction of sp³-hybridized carbons (Fsp3) is 0.464. The maximum atomic E-state index is 12.6. The molecule has 0 aliphatic carbocycles. The third kappa shape index (κ3) is 8.41. The van der Waals surface area contributed by atoms with Crippen LogP contribution in [0.1, 0.15) is 33.6 Å². The highest BCUT2D eigenvalue weighted by molar-refractivity contribution is 5.94. The minimum atomic E-state index is -0.199. The van der Waals surface area contributed by atoms with E-state index in [1.807, 2.05) is 69.3 Å². The SMILES string of the molecule is CCCN(CC(=O)Nc1ccc(N2CCN(C(=O)Nc3ccc(OC)cc3)CC2)cc1)C(=O)CC(C)C. The standard InChI is InChI=1S/C28H39N5O4/c1-5-14-33(27(35)19-21(2)3)20-26(34)29-22-6-10-24(11-7-22)31-15-17-32(18-16-31)28(36)30-23-8-12-25(37-4)13-9-23/h6-13,21H,5,14-20H2,1-4H3,(H,29,34)(H,30,36). The zero-order valence-corrected chi connectivity index (χ0v) is 22.3. The molecule has 37 heavy (non-hydrogen) atoms. The van der Waals surface area contributed by atoms with Gasteiger partial charge >= 0.3 is 6.03 Å². The van der Waals surface area contributed by atoms with E-state index in [2.05, 4.69) is 15.5 Å². The average molecular weight is 510 g/mol. The van der Waals surface area contributed by atoms with Gasteiger partial charge in [0.1, 0.15) is 5.75 Å². The number of carbonyl (C=O) groups is 3. The van der Waals surface area contributed by atoms with E-state index < -0.39 is 0 Å². The van der Waals surface area contributed by atoms with Gasteiger partial charge in [0.2, 0.25) is 11.8 Å². The number of ether oxygens (including phenoxy) is 1. The van der Waals surface area contributed by atoms with Crippen LogP contribution in [0.4, 0.5) is 21.9 Å². The number of hydrogen-bond donors (Lipinski definition) is 2. The molecule has 0 spiro atoms. The Balaban J connectivity index is 1.47. The first-order chi connectivity index (χ1) is 17.8. The molecule has 0 radical (unpaired) electrons. The first kappa shape index (κ1) is 27.8. The zero-order valence-electron chi connectivity index (χ0n) is 22.3. The summed E-state index contributed by atoms with van der Waals surface area (Å²) in [6.07, 6.45) is 1.25. The molecule has 200 valence electrons. The van der Waals surface area contributed by atoms with Gasteiger partial charge in [-0.15, -0.1) is 0 Å². The molecule has 9 nitrogen and oxygen atoms in total. The average Bonchev–Trinajstić information content (AvgIpc) is 2.89. The van der Waals surface area contributed by atoms with Crippen molar-refractivity contribution >= 4 is 34.9 Å². The molecule has 4 amide bonds. The summed E-state index contributed by atoms with van der Waals surface area (Å²) < 4.78 is 5.15. The van der Waals surface area contributed by atoms with Crippen molar-refractivity contribution in [1.82, 2.24) is 9.80 Å². The lowest BCUT2D eigenvalue weighted by Crippen LogP contribution is -2.50. The van der Waals surface area contributed by atoms with Gasteiger partial charge in [-0.2, -0.15) is 0 Å². The lowest BCUT2D eigenvalue weighted by Gasteiger charge is -2.36. The first-order valence-corrected chi connectivity index (χ1v) is 12.9. The van der Waals surface area contributed by atoms with E-state index in [0.717, 1.165) is 23.5 Å². The van der Waals surface area contributed by atoms with E-state index in [1.165, 1.54) is 0 Å². The third-order valence-electron chi connectivity index (χ3n) is 6.19. The summed E-state index contributed by atoms with van der Waals surface area (Å²) in [4.78, 5) is 43.3. The van der Waals surface area contributed by atoms with Crippen molar-refractivity contribution in [2.75, 3.05) is 61.9 Å². The van der Waals surface area contributed by atoms with Crippen molar-refractivity contribution in [3.05, 3.63) is 48.5 Å². The van der Waals surface area contributed by atoms with E-state index in [0.29, 0.717) is 44.8 Å². The maximum Gasteiger partial charge on any atom is 0.321 e. The first-order valence-electron chi connectivity index (χ1n) is 12.9. The summed E-state index contributed by atoms with van der Waals surface area (Å²) in [7, 11) is 1.61. The van der Waals surface area contributed by atoms with Crippen LogP contribution in [0.2, 0.25) is 0 Å². The summed E-state index contributed by atoms with van der Waals surface area (Å²) in [5.41, 5.74) is 2.46. The number of nitrogens with zero attached hydrogens (tertiary/aromatic N) is 3. The van der Waals surface area contributed by atoms with E-state index in [9.17, 15) is 14.4 Å². The Hall–Kier alpha value is -3.75. The number of nitrogens with one attached hydrogen (secondary N) is 2. The van der Waals surface area contributed by atoms with Gasteiger partial charge in [0.15, 0.2) is 0 Å². The summed E-state index contributed by atoms with van der Waals surface area (Å²) in [5, 5.41) is 5.83. The molecule has 0 aromatic heterocycles. The second-order valence-corrected chi connectivity index (χ2v) is 9.64. The van der Waals surface area contributed by atoms with E-state index in [1.54, 1.807) is 16.9 Å². The summed E-state index contributed by atoms with van der Waals surface area (Å²) >= 11 is 0. The van der Waals surface area contributed by atoms with Crippen molar-refractivity contribution < 1.29 is 19.1 Å². The quantitative estimate of drug-likeness (QED) is 0.499. The molecule has 1 saturated heterocycles. The molecule has 0 atom stereocenters. The monoisotopic (exact) mass is 509 g/mol. The van der Waals surface area contributed by atoms with Crippen molar-refractivity contribution in [2.24, 2.45) is 5.92 Å². The molecule has 2 N–H and O–H groups in total. The Morgan fingerprint density at radius 2 is 1.51 bits per heavy atom. The van der Waals surface area contributed by atoms with Crippen molar-refractivity contribution in [3.63, 3.8) is 0 Å². The van der Waals surface area contributed by atoms with Gasteiger partial charge in [-0.05, 0) is 60.9 Å². The molecule has 1 aliphatic rings. The Labute approximate surface area is 219 Å². The van der Waals surface area contributed by atoms with Crippen molar-refractivity contribution in [2.45, 2.75) is 33.6 Å². The highest BCUT2D eigenvalue weighted by Gasteiger charge is 2.22. The normalized spacial score (nSPS) is 13.3. The molecule has 0 bridgehead atoms. The van der Waals surface area contributed by atoms with Crippen LogP contribution >= 0.6 is 0 Å². The topological polar surface area (TPSA) is 94.2 Å². The van der Waals surface area contributed by atoms with Crippen molar-refractivity contribution in [1.29, 1.82) is 0 Å². The molecule has 1 heterocycles. The largest absolute Gasteiger partial charge is 0.497 e. The van der Waals surface area contributed by atoms with Crippen LogP contribution in [0.5, 0.6) is 5.75 Å². The number of benzene rings is 2. The van der Waals surface area contributed by atoms with Gasteiger partial charge < -0.3 is 30.1 Å². The molecular weight excluding hydrogens is 470 g/mol. The molecular formula is C28H39N5O4. The number of rotatable bonds is 10. The maximum absolute atomic E-state index is 12.6. The Kier molecular flexibility index (Phi) is 10.2. The van der Waals surface area contributed by atoms with Crippen LogP contribution in [0, 0.1) is 5.92 Å². The molecule has 9 heteroatoms. The van der Waals surface area contributed by atoms with Crippen LogP contribution < -0.4 is 20.3 Å². The van der Waals surface area contributed by atoms with Gasteiger partial charge in [-0.3, -0.25) is 9.59 Å². The molecule has 3 rings (SSSR count). The summed E-state index contributed by atoms with van der Waals surface area (Å²) in [6.45, 7) is 9.28. The highest BCUT2D eigenvalue weighted by Crippen LogP contribution is 2.21. The molecule has 2 aromatic carbocycles. The number of carbonyl (C=O) groups excluding carboxylic acids is 3. The second kappa shape index (κ2) is 13.5. The van der Waals surface area contributed by atoms with Crippen LogP contribution in [-0.2, 0) is 9.59 Å². The van der Waals surface area contributed by atoms with Crippen LogP contribution in [0.25, 0.3) is 0 Å². The van der Waals surface area contributed by atoms with Gasteiger partial charge in [0, 0.05) is 56.2 Å². The van der Waals surface area contributed by atoms with E-state index in [4.69, 9.17) is 4.74 Å². The number of amides is 4. The Morgan fingerprint density at radius 1 is 0.919 bits per heavy atom. The molecule has 1 fully saturated rings. The van der Waals surface area contributed by atoms with Gasteiger partial charge in [0.05, 0.1) is 13.7 Å². The van der Waals surface area contributed by atoms with E-state index in [-0.39, 0.29) is 30.3 Å². The number of urea groups is 1. The molecule has 1 aliphatic heterocycles. The van der Waals surface area contributed by atoms with Crippen LogP contribution in [0.15, 0.2) is 48.5 Å². The summed E-state index contributed by atoms with van der Waals surface area (Å²) in [6, 6.07) is 14.8. The Morgan fingerprint density at radius 3 is 2.08 bits per heavy atom. The van der Waals surface area contributed by atoms with Crippen LogP contribution in [0.3, 0.4) is 0 Å². The minimum Gasteiger partial charge on any atom is -0.497 e. The Bertz CT molecular complexity index is 1030. The smallest absolute Gasteiger partial charge is 0.321 e. The minimum absolute atomic E-state index is 0.0131. The summed E-state index contributed by atoms with van der Waals surface area (Å²) in [5.74, 6) is 0.813. The molecule has 0 unspecified atom stereocenters. The molecule has 2 aromatic rings. The second-order valence-electron chi connectivity index (χ2n) is 9.64. The predicted molar refractivity (Wildman–Crippen MR) is 147 cm³/mol.